The SMILES string of the molecule is COc1ccc(C(C)=O)cc1COC(=O)c1cc([N+](=O)[O-])ccc1NCCO. The second-order valence-corrected chi connectivity index (χ2v) is 5.80. The number of non-ortho nitro benzene ring substituents is 1. The van der Waals surface area contributed by atoms with Crippen LogP contribution in [-0.4, -0.2) is 42.0 Å². The molecular weight excluding hydrogens is 368 g/mol. The third-order valence-electron chi connectivity index (χ3n) is 3.91. The maximum atomic E-state index is 12.5. The predicted octanol–water partition coefficient (Wildman–Crippen LogP) is 2.57. The Labute approximate surface area is 161 Å². The summed E-state index contributed by atoms with van der Waals surface area (Å²) in [6.45, 7) is 1.21. The molecule has 9 nitrogen and oxygen atoms in total. The summed E-state index contributed by atoms with van der Waals surface area (Å²) < 4.78 is 10.5. The van der Waals surface area contributed by atoms with Crippen molar-refractivity contribution in [1.82, 2.24) is 0 Å². The lowest BCUT2D eigenvalue weighted by atomic mass is 10.1. The number of rotatable bonds is 9. The zero-order valence-corrected chi connectivity index (χ0v) is 15.4. The molecule has 9 heteroatoms. The minimum absolute atomic E-state index is 0.0376. The highest BCUT2D eigenvalue weighted by Crippen LogP contribution is 2.25. The van der Waals surface area contributed by atoms with Crippen LogP contribution in [0.5, 0.6) is 5.75 Å². The molecule has 0 aliphatic carbocycles. The van der Waals surface area contributed by atoms with E-state index in [2.05, 4.69) is 5.32 Å². The Morgan fingerprint density at radius 2 is 1.96 bits per heavy atom. The van der Waals surface area contributed by atoms with Crippen molar-refractivity contribution in [3.63, 3.8) is 0 Å². The number of carbonyl (C=O) groups is 2. The van der Waals surface area contributed by atoms with Crippen molar-refractivity contribution in [1.29, 1.82) is 0 Å². The Bertz CT molecular complexity index is 896. The van der Waals surface area contributed by atoms with Gasteiger partial charge >= 0.3 is 5.97 Å². The van der Waals surface area contributed by atoms with Gasteiger partial charge in [-0.05, 0) is 31.2 Å². The van der Waals surface area contributed by atoms with Gasteiger partial charge in [0.05, 0.1) is 24.2 Å². The minimum atomic E-state index is -0.792. The molecule has 0 saturated carbocycles. The second-order valence-electron chi connectivity index (χ2n) is 5.80. The summed E-state index contributed by atoms with van der Waals surface area (Å²) in [6, 6.07) is 8.49. The second kappa shape index (κ2) is 9.47. The van der Waals surface area contributed by atoms with E-state index in [0.29, 0.717) is 22.6 Å². The first-order valence-electron chi connectivity index (χ1n) is 8.35. The summed E-state index contributed by atoms with van der Waals surface area (Å²) in [7, 11) is 1.45. The lowest BCUT2D eigenvalue weighted by Gasteiger charge is -2.13. The van der Waals surface area contributed by atoms with Gasteiger partial charge in [-0.1, -0.05) is 0 Å². The van der Waals surface area contributed by atoms with Crippen LogP contribution in [-0.2, 0) is 11.3 Å². The number of nitro groups is 1. The van der Waals surface area contributed by atoms with Crippen LogP contribution >= 0.6 is 0 Å². The third-order valence-corrected chi connectivity index (χ3v) is 3.91. The fourth-order valence-electron chi connectivity index (χ4n) is 2.49. The number of hydrogen-bond donors (Lipinski definition) is 2. The van der Waals surface area contributed by atoms with Crippen molar-refractivity contribution in [2.75, 3.05) is 25.6 Å². The van der Waals surface area contributed by atoms with Crippen molar-refractivity contribution < 1.29 is 29.1 Å². The van der Waals surface area contributed by atoms with Gasteiger partial charge in [0.25, 0.3) is 5.69 Å². The highest BCUT2D eigenvalue weighted by Gasteiger charge is 2.19. The topological polar surface area (TPSA) is 128 Å². The molecule has 28 heavy (non-hydrogen) atoms. The van der Waals surface area contributed by atoms with Crippen molar-refractivity contribution in [2.24, 2.45) is 0 Å². The third kappa shape index (κ3) is 5.04. The van der Waals surface area contributed by atoms with Crippen molar-refractivity contribution in [2.45, 2.75) is 13.5 Å². The van der Waals surface area contributed by atoms with E-state index in [-0.39, 0.29) is 36.8 Å². The van der Waals surface area contributed by atoms with E-state index in [0.717, 1.165) is 6.07 Å². The predicted molar refractivity (Wildman–Crippen MR) is 101 cm³/mol. The number of ketones is 1. The summed E-state index contributed by atoms with van der Waals surface area (Å²) >= 11 is 0. The Balaban J connectivity index is 2.27. The van der Waals surface area contributed by atoms with Gasteiger partial charge in [0, 0.05) is 35.5 Å². The Morgan fingerprint density at radius 3 is 2.57 bits per heavy atom. The van der Waals surface area contributed by atoms with Crippen LogP contribution in [0.2, 0.25) is 0 Å². The minimum Gasteiger partial charge on any atom is -0.496 e. The van der Waals surface area contributed by atoms with Crippen LogP contribution in [0.1, 0.15) is 33.2 Å². The first-order valence-corrected chi connectivity index (χ1v) is 8.35. The van der Waals surface area contributed by atoms with Crippen LogP contribution < -0.4 is 10.1 Å². The van der Waals surface area contributed by atoms with Crippen LogP contribution in [0, 0.1) is 10.1 Å². The van der Waals surface area contributed by atoms with Crippen LogP contribution in [0.15, 0.2) is 36.4 Å². The van der Waals surface area contributed by atoms with Gasteiger partial charge in [0.15, 0.2) is 5.78 Å². The van der Waals surface area contributed by atoms with Gasteiger partial charge < -0.3 is 19.9 Å². The van der Waals surface area contributed by atoms with Gasteiger partial charge in [-0.25, -0.2) is 4.79 Å². The maximum Gasteiger partial charge on any atom is 0.340 e. The molecule has 0 aromatic heterocycles. The summed E-state index contributed by atoms with van der Waals surface area (Å²) in [5.41, 5.74) is 0.919. The smallest absolute Gasteiger partial charge is 0.340 e. The molecule has 2 rings (SSSR count). The summed E-state index contributed by atoms with van der Waals surface area (Å²) in [6.07, 6.45) is 0. The van der Waals surface area contributed by atoms with E-state index in [4.69, 9.17) is 14.6 Å². The first kappa shape index (κ1) is 20.8. The number of nitro benzene ring substituents is 1. The van der Waals surface area contributed by atoms with Gasteiger partial charge in [-0.15, -0.1) is 0 Å². The van der Waals surface area contributed by atoms with Crippen LogP contribution in [0.25, 0.3) is 0 Å². The van der Waals surface area contributed by atoms with Gasteiger partial charge in [0.1, 0.15) is 12.4 Å². The Morgan fingerprint density at radius 1 is 1.21 bits per heavy atom. The average molecular weight is 388 g/mol. The molecule has 0 bridgehead atoms. The fourth-order valence-corrected chi connectivity index (χ4v) is 2.49. The number of hydrogen-bond acceptors (Lipinski definition) is 8. The molecule has 0 unspecified atom stereocenters. The summed E-state index contributed by atoms with van der Waals surface area (Å²) in [4.78, 5) is 34.5. The molecule has 0 amide bonds. The van der Waals surface area contributed by atoms with E-state index < -0.39 is 10.9 Å². The van der Waals surface area contributed by atoms with Gasteiger partial charge in [-0.3, -0.25) is 14.9 Å². The molecule has 2 N–H and O–H groups in total. The number of anilines is 1. The molecule has 0 saturated heterocycles. The molecule has 148 valence electrons. The number of methoxy groups -OCH3 is 1. The molecule has 0 spiro atoms. The van der Waals surface area contributed by atoms with Gasteiger partial charge in [-0.2, -0.15) is 0 Å². The van der Waals surface area contributed by atoms with E-state index in [1.807, 2.05) is 0 Å². The maximum absolute atomic E-state index is 12.5. The number of carbonyl (C=O) groups excluding carboxylic acids is 2. The van der Waals surface area contributed by atoms with Gasteiger partial charge in [0.2, 0.25) is 0 Å². The van der Waals surface area contributed by atoms with E-state index >= 15 is 0 Å². The normalized spacial score (nSPS) is 10.2. The molecule has 0 heterocycles. The number of ether oxygens (including phenoxy) is 2. The van der Waals surface area contributed by atoms with Crippen molar-refractivity contribution >= 4 is 23.1 Å². The van der Waals surface area contributed by atoms with Crippen LogP contribution in [0.3, 0.4) is 0 Å². The van der Waals surface area contributed by atoms with Crippen molar-refractivity contribution in [3.8, 4) is 5.75 Å². The number of benzene rings is 2. The Hall–Kier alpha value is -3.46. The number of nitrogens with one attached hydrogen (secondary N) is 1. The highest BCUT2D eigenvalue weighted by atomic mass is 16.6. The number of esters is 1. The zero-order chi connectivity index (χ0) is 20.7. The molecule has 0 aliphatic rings. The van der Waals surface area contributed by atoms with Crippen molar-refractivity contribution in [3.05, 3.63) is 63.2 Å². The molecule has 2 aromatic rings. The molecule has 2 aromatic carbocycles. The standard InChI is InChI=1S/C19H20N2O7/c1-12(23)13-3-6-18(27-2)14(9-13)11-28-19(24)16-10-15(21(25)26)4-5-17(16)20-7-8-22/h3-6,9-10,20,22H,7-8,11H2,1-2H3. The summed E-state index contributed by atoms with van der Waals surface area (Å²) in [5, 5.41) is 22.8. The van der Waals surface area contributed by atoms with E-state index in [1.54, 1.807) is 18.2 Å². The molecule has 0 aliphatic heterocycles. The summed E-state index contributed by atoms with van der Waals surface area (Å²) in [5.74, 6) is -0.501. The zero-order valence-electron chi connectivity index (χ0n) is 15.4. The lowest BCUT2D eigenvalue weighted by molar-refractivity contribution is -0.384. The highest BCUT2D eigenvalue weighted by molar-refractivity contribution is 5.96. The quantitative estimate of drug-likeness (QED) is 0.290. The molecule has 0 atom stereocenters. The van der Waals surface area contributed by atoms with E-state index in [9.17, 15) is 19.7 Å². The number of nitrogens with zero attached hydrogens (tertiary/aromatic N) is 1. The fraction of sp³-hybridized carbons (Fsp3) is 0.263. The molecular formula is C19H20N2O7. The number of Topliss-reactive ketones (excluding diaryl/α,β-unsaturated/α-hetero) is 1. The molecule has 0 fully saturated rings. The Kier molecular flexibility index (Phi) is 7.05. The average Bonchev–Trinajstić information content (AvgIpc) is 2.69. The lowest BCUT2D eigenvalue weighted by Crippen LogP contribution is -2.13. The monoisotopic (exact) mass is 388 g/mol. The molecule has 0 radical (unpaired) electrons. The largest absolute Gasteiger partial charge is 0.496 e. The van der Waals surface area contributed by atoms with E-state index in [1.165, 1.54) is 26.2 Å². The number of aliphatic hydroxyl groups is 1. The first-order chi connectivity index (χ1) is 13.4. The van der Waals surface area contributed by atoms with Crippen LogP contribution in [0.4, 0.5) is 11.4 Å². The number of aliphatic hydroxyl groups excluding tert-OH is 1.